The fourth-order valence-corrected chi connectivity index (χ4v) is 2.00. The minimum absolute atomic E-state index is 0. The minimum atomic E-state index is 0. The number of benzene rings is 1. The van der Waals surface area contributed by atoms with Gasteiger partial charge in [-0.1, -0.05) is 65.3 Å². The van der Waals surface area contributed by atoms with Gasteiger partial charge in [0.15, 0.2) is 0 Å². The molecule has 0 aromatic heterocycles. The Labute approximate surface area is 219 Å². The Balaban J connectivity index is -0.0000000811. The van der Waals surface area contributed by atoms with E-state index in [1.54, 1.807) is 0 Å². The first-order valence-corrected chi connectivity index (χ1v) is 13.1. The first-order valence-electron chi connectivity index (χ1n) is 8.96. The molecule has 1 aromatic carbocycles. The maximum atomic E-state index is 8.05. The van der Waals surface area contributed by atoms with E-state index < -0.39 is 0 Å². The van der Waals surface area contributed by atoms with Crippen LogP contribution in [0.2, 0.25) is 0 Å². The van der Waals surface area contributed by atoms with Crippen LogP contribution in [-0.4, -0.2) is 6.88 Å². The molecule has 1 aliphatic rings. The van der Waals surface area contributed by atoms with E-state index in [1.807, 2.05) is 18.2 Å². The van der Waals surface area contributed by atoms with E-state index in [-0.39, 0.29) is 50.5 Å². The van der Waals surface area contributed by atoms with E-state index in [0.29, 0.717) is 5.69 Å². The van der Waals surface area contributed by atoms with Gasteiger partial charge >= 0.3 is 30.2 Å². The van der Waals surface area contributed by atoms with Crippen LogP contribution in [0.1, 0.15) is 79.9 Å². The topological polar surface area (TPSA) is 23.8 Å². The standard InChI is InChI=1S/C14H22N.C5H5.C4H9.2CH3.2ClH.Si.Zr/c1-13(2,3)10-7-8-11(12(15)9-10)14(4,5)6;1-2-4-5-3-1;1-4(2)3;;;;;;/h7-9,15H,1-6H3;1-3H,4H2;1-3H3;2*1H3;2*1H;;/q5*-1;;;;. The van der Waals surface area contributed by atoms with E-state index in [9.17, 15) is 0 Å². The molecule has 0 saturated heterocycles. The second kappa shape index (κ2) is 22.4. The second-order valence-electron chi connectivity index (χ2n) is 8.76. The van der Waals surface area contributed by atoms with Crippen LogP contribution in [0.5, 0.6) is 0 Å². The molecule has 1 nitrogen and oxygen atoms in total. The fraction of sp³-hybridized carbons (Fsp3) is 0.480. The third-order valence-corrected chi connectivity index (χ3v) is 3.28. The number of hydrogen-bond donors (Lipinski definition) is 0. The number of nitrogens with one attached hydrogen (secondary N) is 1. The van der Waals surface area contributed by atoms with E-state index in [2.05, 4.69) is 93.5 Å². The summed E-state index contributed by atoms with van der Waals surface area (Å²) in [5, 5.41) is 0. The Bertz CT molecular complexity index is 559. The summed E-state index contributed by atoms with van der Waals surface area (Å²) in [6, 6.07) is 6.25. The van der Waals surface area contributed by atoms with Gasteiger partial charge in [0.1, 0.15) is 0 Å². The molecular weight excluding hydrogens is 504 g/mol. The molecule has 176 valence electrons. The van der Waals surface area contributed by atoms with Crippen molar-refractivity contribution >= 4 is 37.4 Å². The van der Waals surface area contributed by atoms with Crippen molar-refractivity contribution in [2.75, 3.05) is 0 Å². The number of hydrogen-bond acceptors (Lipinski definition) is 0. The average molecular weight is 549 g/mol. The zero-order valence-corrected chi connectivity index (χ0v) is 26.1. The van der Waals surface area contributed by atoms with Gasteiger partial charge in [-0.25, -0.2) is 12.2 Å². The molecule has 0 fully saturated rings. The molecule has 2 radical (unpaired) electrons. The van der Waals surface area contributed by atoms with Crippen molar-refractivity contribution < 1.29 is 23.3 Å². The zero-order chi connectivity index (χ0) is 21.0. The van der Waals surface area contributed by atoms with Gasteiger partial charge in [0, 0.05) is 0 Å². The summed E-state index contributed by atoms with van der Waals surface area (Å²) in [7, 11) is 0. The van der Waals surface area contributed by atoms with Gasteiger partial charge in [-0.2, -0.15) is 26.8 Å². The summed E-state index contributed by atoms with van der Waals surface area (Å²) in [6.45, 7) is 22.3. The molecule has 1 N–H and O–H groups in total. The Kier molecular flexibility index (Phi) is 32.8. The predicted molar refractivity (Wildman–Crippen MR) is 143 cm³/mol. The molecule has 1 aromatic rings. The number of allylic oxidation sites excluding steroid dienone is 4. The molecule has 0 amide bonds. The number of halogens is 2. The molecule has 30 heavy (non-hydrogen) atoms. The third-order valence-electron chi connectivity index (χ3n) is 3.28. The fourth-order valence-electron chi connectivity index (χ4n) is 2.00. The van der Waals surface area contributed by atoms with Crippen LogP contribution in [0.15, 0.2) is 36.4 Å². The molecule has 0 spiro atoms. The van der Waals surface area contributed by atoms with Crippen LogP contribution in [0.3, 0.4) is 0 Å². The summed E-state index contributed by atoms with van der Waals surface area (Å²) in [6.07, 6.45) is 10.0. The van der Waals surface area contributed by atoms with Crippen LogP contribution in [-0.2, 0) is 34.2 Å². The first kappa shape index (κ1) is 44.0. The Morgan fingerprint density at radius 1 is 0.933 bits per heavy atom. The summed E-state index contributed by atoms with van der Waals surface area (Å²) in [4.78, 5) is 0. The molecule has 2 rings (SSSR count). The van der Waals surface area contributed by atoms with Crippen LogP contribution in [0.4, 0.5) is 5.69 Å². The average Bonchev–Trinajstić information content (AvgIpc) is 3.06. The Morgan fingerprint density at radius 3 is 1.57 bits per heavy atom. The quantitative estimate of drug-likeness (QED) is 0.228. The first-order chi connectivity index (χ1) is 11.9. The summed E-state index contributed by atoms with van der Waals surface area (Å²) < 4.78 is 0. The second-order valence-corrected chi connectivity index (χ2v) is 8.76. The summed E-state index contributed by atoms with van der Waals surface area (Å²) >= 11 is 1.36. The molecule has 0 atom stereocenters. The van der Waals surface area contributed by atoms with Crippen LogP contribution >= 0.6 is 24.8 Å². The van der Waals surface area contributed by atoms with Crippen molar-refractivity contribution in [2.24, 2.45) is 0 Å². The molecular formula is C25H44Cl2NSiZr-5. The predicted octanol–water partition coefficient (Wildman–Crippen LogP) is 9.25. The van der Waals surface area contributed by atoms with Gasteiger partial charge < -0.3 is 26.5 Å². The van der Waals surface area contributed by atoms with Crippen LogP contribution in [0.25, 0.3) is 5.73 Å². The van der Waals surface area contributed by atoms with Gasteiger partial charge in [0.2, 0.25) is 0 Å². The SMILES string of the molecule is CC(C)(C)c1ccc(C(C)(C)C)c([NH-])c1.C[C-](C)C.Cl.Cl.[C-]1=CC=CC1.[CH3-].[CH3-].[Si]=[Zr]. The maximum absolute atomic E-state index is 8.05. The van der Waals surface area contributed by atoms with Gasteiger partial charge in [0.05, 0.1) is 0 Å². The molecule has 0 heterocycles. The van der Waals surface area contributed by atoms with Crippen LogP contribution in [0, 0.1) is 26.8 Å². The third kappa shape index (κ3) is 22.9. The van der Waals surface area contributed by atoms with E-state index in [0.717, 1.165) is 12.0 Å². The number of rotatable bonds is 0. The molecule has 1 aliphatic carbocycles. The van der Waals surface area contributed by atoms with Crippen molar-refractivity contribution in [3.05, 3.63) is 80.1 Å². The van der Waals surface area contributed by atoms with Gasteiger partial charge in [0.25, 0.3) is 0 Å². The van der Waals surface area contributed by atoms with Gasteiger partial charge in [-0.05, 0) is 16.4 Å². The zero-order valence-electron chi connectivity index (χ0n) is 21.0. The molecule has 0 unspecified atom stereocenters. The van der Waals surface area contributed by atoms with Crippen molar-refractivity contribution in [2.45, 2.75) is 79.6 Å². The van der Waals surface area contributed by atoms with Crippen molar-refractivity contribution in [1.82, 2.24) is 0 Å². The Morgan fingerprint density at radius 2 is 1.37 bits per heavy atom. The summed E-state index contributed by atoms with van der Waals surface area (Å²) in [5.74, 6) is 1.42. The van der Waals surface area contributed by atoms with Gasteiger partial charge in [-0.15, -0.1) is 36.9 Å². The van der Waals surface area contributed by atoms with Crippen LogP contribution < -0.4 is 0 Å². The molecule has 0 bridgehead atoms. The van der Waals surface area contributed by atoms with Crippen molar-refractivity contribution in [1.29, 1.82) is 0 Å². The van der Waals surface area contributed by atoms with Crippen molar-refractivity contribution in [3.63, 3.8) is 0 Å². The van der Waals surface area contributed by atoms with Crippen molar-refractivity contribution in [3.8, 4) is 0 Å². The van der Waals surface area contributed by atoms with Gasteiger partial charge in [-0.3, -0.25) is 6.08 Å². The summed E-state index contributed by atoms with van der Waals surface area (Å²) in [5.41, 5.74) is 11.3. The monoisotopic (exact) mass is 546 g/mol. The molecule has 0 saturated carbocycles. The van der Waals surface area contributed by atoms with E-state index in [1.165, 1.54) is 34.8 Å². The molecule has 0 aliphatic heterocycles. The molecule has 5 heteroatoms. The normalized spacial score (nSPS) is 10.7. The Hall–Kier alpha value is 0.180. The van der Waals surface area contributed by atoms with E-state index >= 15 is 0 Å². The van der Waals surface area contributed by atoms with E-state index in [4.69, 9.17) is 5.73 Å².